The number of fused-ring (bicyclic) bond motifs is 1. The van der Waals surface area contributed by atoms with Crippen molar-refractivity contribution in [1.82, 2.24) is 9.47 Å². The van der Waals surface area contributed by atoms with Crippen molar-refractivity contribution in [2.24, 2.45) is 12.0 Å². The van der Waals surface area contributed by atoms with Crippen molar-refractivity contribution < 1.29 is 14.3 Å². The van der Waals surface area contributed by atoms with Crippen LogP contribution in [0.4, 0.5) is 5.69 Å². The number of amidine groups is 1. The van der Waals surface area contributed by atoms with E-state index in [1.54, 1.807) is 30.0 Å². The highest BCUT2D eigenvalue weighted by atomic mass is 32.2. The fraction of sp³-hybridized carbons (Fsp3) is 0.240. The van der Waals surface area contributed by atoms with Crippen molar-refractivity contribution in [3.8, 4) is 0 Å². The minimum Gasteiger partial charge on any atom is -0.462 e. The van der Waals surface area contributed by atoms with E-state index in [0.717, 1.165) is 22.2 Å². The molecule has 1 saturated heterocycles. The van der Waals surface area contributed by atoms with Crippen LogP contribution in [0.25, 0.3) is 17.0 Å². The zero-order valence-electron chi connectivity index (χ0n) is 18.6. The summed E-state index contributed by atoms with van der Waals surface area (Å²) in [5.41, 5.74) is 4.31. The number of esters is 1. The molecule has 1 aliphatic heterocycles. The van der Waals surface area contributed by atoms with Crippen LogP contribution in [0, 0.1) is 6.92 Å². The van der Waals surface area contributed by atoms with Crippen LogP contribution in [-0.4, -0.2) is 39.7 Å². The summed E-state index contributed by atoms with van der Waals surface area (Å²) in [5.74, 6) is -0.450. The molecule has 2 heterocycles. The molecule has 1 aromatic heterocycles. The molecular weight excluding hydrogens is 422 g/mol. The molecule has 1 fully saturated rings. The van der Waals surface area contributed by atoms with Gasteiger partial charge in [0.2, 0.25) is 0 Å². The Kier molecular flexibility index (Phi) is 6.19. The van der Waals surface area contributed by atoms with Gasteiger partial charge in [0.1, 0.15) is 0 Å². The average molecular weight is 448 g/mol. The van der Waals surface area contributed by atoms with Gasteiger partial charge in [-0.15, -0.1) is 0 Å². The van der Waals surface area contributed by atoms with E-state index < -0.39 is 0 Å². The number of hydrogen-bond acceptors (Lipinski definition) is 5. The number of benzene rings is 2. The van der Waals surface area contributed by atoms with Crippen LogP contribution in [-0.2, 0) is 16.6 Å². The fourth-order valence-corrected chi connectivity index (χ4v) is 4.81. The minimum atomic E-state index is -0.385. The number of para-hydroxylation sites is 1. The number of nitrogens with zero attached hydrogens (tertiary/aromatic N) is 3. The van der Waals surface area contributed by atoms with Crippen LogP contribution in [0.3, 0.4) is 0 Å². The smallest absolute Gasteiger partial charge is 0.338 e. The normalized spacial score (nSPS) is 16.5. The van der Waals surface area contributed by atoms with Crippen LogP contribution < -0.4 is 0 Å². The molecule has 6 nitrogen and oxygen atoms in total. The number of ether oxygens (including phenoxy) is 1. The Labute approximate surface area is 191 Å². The lowest BCUT2D eigenvalue weighted by Gasteiger charge is -2.12. The zero-order chi connectivity index (χ0) is 22.8. The van der Waals surface area contributed by atoms with E-state index >= 15 is 0 Å². The van der Waals surface area contributed by atoms with Crippen molar-refractivity contribution in [3.05, 3.63) is 70.3 Å². The molecule has 0 radical (unpaired) electrons. The van der Waals surface area contributed by atoms with E-state index in [4.69, 9.17) is 4.74 Å². The van der Waals surface area contributed by atoms with Crippen molar-refractivity contribution in [1.29, 1.82) is 0 Å². The zero-order valence-corrected chi connectivity index (χ0v) is 19.4. The van der Waals surface area contributed by atoms with Gasteiger partial charge in [0, 0.05) is 35.8 Å². The summed E-state index contributed by atoms with van der Waals surface area (Å²) < 4.78 is 7.21. The summed E-state index contributed by atoms with van der Waals surface area (Å²) in [4.78, 5) is 32.2. The van der Waals surface area contributed by atoms with Crippen molar-refractivity contribution in [2.45, 2.75) is 20.8 Å². The molecule has 1 amide bonds. The van der Waals surface area contributed by atoms with Crippen LogP contribution in [0.2, 0.25) is 0 Å². The summed E-state index contributed by atoms with van der Waals surface area (Å²) in [5, 5.41) is 1.71. The first-order chi connectivity index (χ1) is 15.4. The summed E-state index contributed by atoms with van der Waals surface area (Å²) >= 11 is 1.35. The number of carbonyl (C=O) groups excluding carboxylic acids is 2. The van der Waals surface area contributed by atoms with Gasteiger partial charge in [0.25, 0.3) is 5.91 Å². The molecule has 0 spiro atoms. The lowest BCUT2D eigenvalue weighted by Crippen LogP contribution is -2.28. The summed E-state index contributed by atoms with van der Waals surface area (Å²) in [6.07, 6.45) is 1.96. The molecule has 0 saturated carbocycles. The molecule has 0 N–H and O–H groups in total. The minimum absolute atomic E-state index is 0.0647. The maximum atomic E-state index is 13.1. The molecule has 164 valence electrons. The number of carbonyl (C=O) groups is 2. The monoisotopic (exact) mass is 447 g/mol. The topological polar surface area (TPSA) is 63.9 Å². The Morgan fingerprint density at radius 2 is 1.94 bits per heavy atom. The SMILES string of the molecule is CCOC(=O)c1cccc(N=C2SC(=Cc3c(C)n(C)c4ccccc34)C(=O)N2CC)c1. The molecule has 32 heavy (non-hydrogen) atoms. The predicted octanol–water partition coefficient (Wildman–Crippen LogP) is 5.29. The van der Waals surface area contributed by atoms with Gasteiger partial charge in [0.05, 0.1) is 22.8 Å². The lowest BCUT2D eigenvalue weighted by molar-refractivity contribution is -0.122. The number of aryl methyl sites for hydroxylation is 1. The molecule has 4 rings (SSSR count). The van der Waals surface area contributed by atoms with E-state index in [-0.39, 0.29) is 11.9 Å². The molecule has 2 aromatic carbocycles. The molecule has 7 heteroatoms. The molecule has 0 atom stereocenters. The number of amides is 1. The molecule has 0 bridgehead atoms. The number of aliphatic imine (C=N–C) groups is 1. The third-order valence-corrected chi connectivity index (χ3v) is 6.52. The van der Waals surface area contributed by atoms with E-state index in [1.807, 2.05) is 38.2 Å². The third-order valence-electron chi connectivity index (χ3n) is 5.51. The third kappa shape index (κ3) is 3.96. The van der Waals surface area contributed by atoms with E-state index in [1.165, 1.54) is 11.8 Å². The highest BCUT2D eigenvalue weighted by Gasteiger charge is 2.32. The molecule has 1 aliphatic rings. The van der Waals surface area contributed by atoms with E-state index in [0.29, 0.717) is 34.5 Å². The largest absolute Gasteiger partial charge is 0.462 e. The van der Waals surface area contributed by atoms with Crippen molar-refractivity contribution in [2.75, 3.05) is 13.2 Å². The number of hydrogen-bond donors (Lipinski definition) is 0. The Hall–Kier alpha value is -3.32. The van der Waals surface area contributed by atoms with Crippen LogP contribution in [0.5, 0.6) is 0 Å². The maximum absolute atomic E-state index is 13.1. The number of likely N-dealkylation sites (N-methyl/N-ethyl adjacent to an activating group) is 1. The van der Waals surface area contributed by atoms with Crippen LogP contribution in [0.1, 0.15) is 35.5 Å². The highest BCUT2D eigenvalue weighted by Crippen LogP contribution is 2.36. The lowest BCUT2D eigenvalue weighted by atomic mass is 10.1. The van der Waals surface area contributed by atoms with Crippen LogP contribution >= 0.6 is 11.8 Å². The van der Waals surface area contributed by atoms with Gasteiger partial charge in [-0.3, -0.25) is 9.69 Å². The first kappa shape index (κ1) is 21.9. The second-order valence-corrected chi connectivity index (χ2v) is 8.41. The van der Waals surface area contributed by atoms with Gasteiger partial charge in [-0.1, -0.05) is 24.3 Å². The van der Waals surface area contributed by atoms with Crippen molar-refractivity contribution >= 4 is 51.5 Å². The van der Waals surface area contributed by atoms with E-state index in [2.05, 4.69) is 28.6 Å². The van der Waals surface area contributed by atoms with E-state index in [9.17, 15) is 9.59 Å². The molecular formula is C25H25N3O3S. The second kappa shape index (κ2) is 9.04. The number of rotatable bonds is 5. The first-order valence-corrected chi connectivity index (χ1v) is 11.4. The maximum Gasteiger partial charge on any atom is 0.338 e. The number of thioether (sulfide) groups is 1. The van der Waals surface area contributed by atoms with Gasteiger partial charge in [-0.25, -0.2) is 9.79 Å². The Bertz CT molecular complexity index is 1270. The molecule has 0 unspecified atom stereocenters. The van der Waals surface area contributed by atoms with Gasteiger partial charge >= 0.3 is 5.97 Å². The fourth-order valence-electron chi connectivity index (χ4n) is 3.76. The Morgan fingerprint density at radius 1 is 1.16 bits per heavy atom. The second-order valence-electron chi connectivity index (χ2n) is 7.40. The summed E-state index contributed by atoms with van der Waals surface area (Å²) in [6, 6.07) is 15.1. The van der Waals surface area contributed by atoms with Gasteiger partial charge in [-0.05, 0) is 62.9 Å². The summed E-state index contributed by atoms with van der Waals surface area (Å²) in [6.45, 7) is 6.58. The quantitative estimate of drug-likeness (QED) is 0.394. The van der Waals surface area contributed by atoms with Gasteiger partial charge in [0.15, 0.2) is 5.17 Å². The van der Waals surface area contributed by atoms with Crippen LogP contribution in [0.15, 0.2) is 58.4 Å². The summed E-state index contributed by atoms with van der Waals surface area (Å²) in [7, 11) is 2.03. The highest BCUT2D eigenvalue weighted by molar-refractivity contribution is 8.18. The first-order valence-electron chi connectivity index (χ1n) is 10.6. The molecule has 3 aromatic rings. The van der Waals surface area contributed by atoms with Gasteiger partial charge in [-0.2, -0.15) is 0 Å². The molecule has 0 aliphatic carbocycles. The average Bonchev–Trinajstić information content (AvgIpc) is 3.22. The Balaban J connectivity index is 1.71. The standard InChI is InChI=1S/C25H25N3O3S/c1-5-28-23(29)22(15-20-16(3)27(4)21-13-8-7-12-19(20)21)32-25(28)26-18-11-9-10-17(14-18)24(30)31-6-2/h7-15H,5-6H2,1-4H3. The predicted molar refractivity (Wildman–Crippen MR) is 130 cm³/mol. The number of aromatic nitrogens is 1. The van der Waals surface area contributed by atoms with Gasteiger partial charge < -0.3 is 9.30 Å². The van der Waals surface area contributed by atoms with Crippen molar-refractivity contribution in [3.63, 3.8) is 0 Å². The Morgan fingerprint density at radius 3 is 2.69 bits per heavy atom.